The molecule has 0 fully saturated rings. The Hall–Kier alpha value is -1.16. The number of nitrogens with zero attached hydrogens (tertiary/aromatic N) is 3. The van der Waals surface area contributed by atoms with Gasteiger partial charge in [0.25, 0.3) is 0 Å². The van der Waals surface area contributed by atoms with Crippen LogP contribution < -0.4 is 0 Å². The Bertz CT molecular complexity index is 389. The largest absolute Gasteiger partial charge is 0.322 e. The fourth-order valence-corrected chi connectivity index (χ4v) is 1.32. The van der Waals surface area contributed by atoms with Gasteiger partial charge in [0.2, 0.25) is 0 Å². The molecule has 0 aliphatic rings. The van der Waals surface area contributed by atoms with Crippen LogP contribution >= 0.6 is 15.9 Å². The summed E-state index contributed by atoms with van der Waals surface area (Å²) in [6.45, 7) is 7.74. The minimum atomic E-state index is 0.867. The van der Waals surface area contributed by atoms with Gasteiger partial charge in [0.05, 0.1) is 6.20 Å². The van der Waals surface area contributed by atoms with Crippen LogP contribution in [0.25, 0.3) is 5.57 Å². The van der Waals surface area contributed by atoms with E-state index in [0.717, 1.165) is 16.0 Å². The molecule has 0 saturated heterocycles. The van der Waals surface area contributed by atoms with Crippen LogP contribution in [-0.2, 0) is 7.05 Å². The van der Waals surface area contributed by atoms with Crippen molar-refractivity contribution in [1.82, 2.24) is 9.55 Å². The molecule has 0 N–H and O–H groups in total. The molecule has 16 heavy (non-hydrogen) atoms. The Morgan fingerprint density at radius 3 is 2.56 bits per heavy atom. The van der Waals surface area contributed by atoms with Gasteiger partial charge < -0.3 is 4.57 Å². The summed E-state index contributed by atoms with van der Waals surface area (Å²) >= 11 is 3.39. The van der Waals surface area contributed by atoms with Crippen LogP contribution in [0.4, 0.5) is 0 Å². The van der Waals surface area contributed by atoms with E-state index in [0.29, 0.717) is 0 Å². The minimum Gasteiger partial charge on any atom is -0.322 e. The topological polar surface area (TPSA) is 30.2 Å². The maximum atomic E-state index is 4.25. The lowest BCUT2D eigenvalue weighted by Crippen LogP contribution is -1.96. The van der Waals surface area contributed by atoms with E-state index in [1.165, 1.54) is 0 Å². The highest BCUT2D eigenvalue weighted by Crippen LogP contribution is 2.17. The van der Waals surface area contributed by atoms with Gasteiger partial charge in [-0.05, 0) is 22.0 Å². The average molecular weight is 284 g/mol. The van der Waals surface area contributed by atoms with Gasteiger partial charge >= 0.3 is 0 Å². The lowest BCUT2D eigenvalue weighted by atomic mass is 10.2. The van der Waals surface area contributed by atoms with E-state index >= 15 is 0 Å². The molecular weight excluding hydrogens is 266 g/mol. The SMILES string of the molecule is C=C/C(=C\C=NC)c1ncc(Br)n1C.CC. The van der Waals surface area contributed by atoms with E-state index in [4.69, 9.17) is 0 Å². The summed E-state index contributed by atoms with van der Waals surface area (Å²) in [5, 5.41) is 0. The van der Waals surface area contributed by atoms with Gasteiger partial charge in [-0.3, -0.25) is 4.99 Å². The maximum Gasteiger partial charge on any atom is 0.140 e. The van der Waals surface area contributed by atoms with Gasteiger partial charge in [-0.25, -0.2) is 4.98 Å². The molecule has 0 aliphatic carbocycles. The summed E-state index contributed by atoms with van der Waals surface area (Å²) in [5.41, 5.74) is 0.948. The third-order valence-electron chi connectivity index (χ3n) is 1.81. The molecule has 0 spiro atoms. The number of halogens is 1. The number of aromatic nitrogens is 2. The molecule has 0 bridgehead atoms. The predicted molar refractivity (Wildman–Crippen MR) is 74.8 cm³/mol. The van der Waals surface area contributed by atoms with Crippen molar-refractivity contribution in [2.24, 2.45) is 12.0 Å². The first-order chi connectivity index (χ1) is 7.70. The van der Waals surface area contributed by atoms with Gasteiger partial charge in [0, 0.05) is 25.9 Å². The number of rotatable bonds is 3. The molecule has 1 heterocycles. The summed E-state index contributed by atoms with van der Waals surface area (Å²) < 4.78 is 2.88. The molecule has 0 aromatic carbocycles. The zero-order valence-electron chi connectivity index (χ0n) is 10.2. The minimum absolute atomic E-state index is 0.867. The zero-order chi connectivity index (χ0) is 12.6. The molecule has 1 aromatic heterocycles. The highest BCUT2D eigenvalue weighted by Gasteiger charge is 2.05. The van der Waals surface area contributed by atoms with Crippen molar-refractivity contribution in [3.05, 3.63) is 35.4 Å². The number of hydrogen-bond donors (Lipinski definition) is 0. The summed E-state index contributed by atoms with van der Waals surface area (Å²) in [4.78, 5) is 8.14. The molecule has 4 heteroatoms. The molecule has 0 amide bonds. The van der Waals surface area contributed by atoms with Crippen molar-refractivity contribution >= 4 is 27.7 Å². The fourth-order valence-electron chi connectivity index (χ4n) is 1.05. The average Bonchev–Trinajstić information content (AvgIpc) is 2.65. The molecule has 88 valence electrons. The second kappa shape index (κ2) is 8.05. The Kier molecular flexibility index (Phi) is 7.46. The van der Waals surface area contributed by atoms with E-state index < -0.39 is 0 Å². The molecule has 1 rings (SSSR count). The fraction of sp³-hybridized carbons (Fsp3) is 0.333. The monoisotopic (exact) mass is 283 g/mol. The van der Waals surface area contributed by atoms with Crippen LogP contribution in [0.2, 0.25) is 0 Å². The van der Waals surface area contributed by atoms with Gasteiger partial charge in [-0.15, -0.1) is 0 Å². The number of aliphatic imine (C=N–C) groups is 1. The summed E-state index contributed by atoms with van der Waals surface area (Å²) in [7, 11) is 3.67. The van der Waals surface area contributed by atoms with Crippen molar-refractivity contribution in [2.75, 3.05) is 7.05 Å². The van der Waals surface area contributed by atoms with Crippen molar-refractivity contribution in [3.8, 4) is 0 Å². The lowest BCUT2D eigenvalue weighted by molar-refractivity contribution is 0.871. The molecule has 0 saturated carbocycles. The molecular formula is C12H18BrN3. The zero-order valence-corrected chi connectivity index (χ0v) is 11.8. The van der Waals surface area contributed by atoms with E-state index in [9.17, 15) is 0 Å². The standard InChI is InChI=1S/C10H12BrN3.C2H6/c1-4-8(5-6-12-2)10-13-7-9(11)14(10)3;1-2/h4-7H,1H2,2-3H3;1-2H3/b8-5+,12-6?;. The second-order valence-corrected chi connectivity index (χ2v) is 3.51. The number of imidazole rings is 1. The van der Waals surface area contributed by atoms with Crippen molar-refractivity contribution in [3.63, 3.8) is 0 Å². The second-order valence-electron chi connectivity index (χ2n) is 2.70. The van der Waals surface area contributed by atoms with Gasteiger partial charge in [0.1, 0.15) is 10.4 Å². The third-order valence-corrected chi connectivity index (χ3v) is 2.55. The smallest absolute Gasteiger partial charge is 0.140 e. The van der Waals surface area contributed by atoms with Crippen LogP contribution in [0.15, 0.2) is 34.5 Å². The predicted octanol–water partition coefficient (Wildman–Crippen LogP) is 3.48. The van der Waals surface area contributed by atoms with Gasteiger partial charge in [0.15, 0.2) is 0 Å². The van der Waals surface area contributed by atoms with Crippen LogP contribution in [-0.4, -0.2) is 22.8 Å². The number of hydrogen-bond acceptors (Lipinski definition) is 2. The summed E-state index contributed by atoms with van der Waals surface area (Å²) in [5.74, 6) is 0.867. The molecule has 1 aromatic rings. The maximum absolute atomic E-state index is 4.25. The Morgan fingerprint density at radius 2 is 2.19 bits per heavy atom. The lowest BCUT2D eigenvalue weighted by Gasteiger charge is -2.01. The first-order valence-electron chi connectivity index (χ1n) is 5.13. The number of allylic oxidation sites excluding steroid dienone is 3. The van der Waals surface area contributed by atoms with Crippen LogP contribution in [0, 0.1) is 0 Å². The van der Waals surface area contributed by atoms with E-state index in [1.807, 2.05) is 31.5 Å². The normalized spacial score (nSPS) is 11.2. The van der Waals surface area contributed by atoms with Crippen molar-refractivity contribution < 1.29 is 0 Å². The molecule has 0 atom stereocenters. The molecule has 0 unspecified atom stereocenters. The Balaban J connectivity index is 0.00000106. The molecule has 0 radical (unpaired) electrons. The van der Waals surface area contributed by atoms with E-state index in [2.05, 4.69) is 32.5 Å². The van der Waals surface area contributed by atoms with Gasteiger partial charge in [-0.1, -0.05) is 26.5 Å². The van der Waals surface area contributed by atoms with Crippen LogP contribution in [0.3, 0.4) is 0 Å². The molecule has 0 aliphatic heterocycles. The molecule has 3 nitrogen and oxygen atoms in total. The first-order valence-corrected chi connectivity index (χ1v) is 5.92. The summed E-state index contributed by atoms with van der Waals surface area (Å²) in [6.07, 6.45) is 7.12. The quantitative estimate of drug-likeness (QED) is 0.617. The van der Waals surface area contributed by atoms with Crippen LogP contribution in [0.1, 0.15) is 19.7 Å². The van der Waals surface area contributed by atoms with E-state index in [1.54, 1.807) is 25.5 Å². The third kappa shape index (κ3) is 3.77. The Morgan fingerprint density at radius 1 is 1.56 bits per heavy atom. The van der Waals surface area contributed by atoms with Gasteiger partial charge in [-0.2, -0.15) is 0 Å². The highest BCUT2D eigenvalue weighted by molar-refractivity contribution is 9.10. The van der Waals surface area contributed by atoms with E-state index in [-0.39, 0.29) is 0 Å². The first kappa shape index (κ1) is 14.8. The Labute approximate surface area is 106 Å². The van der Waals surface area contributed by atoms with Crippen LogP contribution in [0.5, 0.6) is 0 Å². The van der Waals surface area contributed by atoms with Crippen molar-refractivity contribution in [2.45, 2.75) is 13.8 Å². The van der Waals surface area contributed by atoms with Crippen molar-refractivity contribution in [1.29, 1.82) is 0 Å². The highest BCUT2D eigenvalue weighted by atomic mass is 79.9. The summed E-state index contributed by atoms with van der Waals surface area (Å²) in [6, 6.07) is 0.